The smallest absolute Gasteiger partial charge is 0.269 e. The van der Waals surface area contributed by atoms with Gasteiger partial charge in [-0.05, 0) is 76.5 Å². The molecule has 3 aromatic heterocycles. The largest absolute Gasteiger partial charge is 0.291 e. The third-order valence-electron chi connectivity index (χ3n) is 8.42. The maximum absolute atomic E-state index is 13.4. The summed E-state index contributed by atoms with van der Waals surface area (Å²) in [5.74, 6) is 1.06. The van der Waals surface area contributed by atoms with Gasteiger partial charge < -0.3 is 0 Å². The van der Waals surface area contributed by atoms with Crippen LogP contribution in [0, 0.1) is 6.92 Å². The van der Waals surface area contributed by atoms with Crippen LogP contribution in [0.15, 0.2) is 53.8 Å². The van der Waals surface area contributed by atoms with E-state index in [4.69, 9.17) is 4.98 Å². The van der Waals surface area contributed by atoms with Gasteiger partial charge in [-0.2, -0.15) is 0 Å². The SMILES string of the molecule is Cc1ccc(S(=O)(=O)n2ccc3c2ncc2cnc(C45CCC(NSC6CC6)(CC4)CC5)n23)cc1. The molecular formula is C26H29N5O2S2. The van der Waals surface area contributed by atoms with E-state index in [1.54, 1.807) is 24.5 Å². The van der Waals surface area contributed by atoms with E-state index >= 15 is 0 Å². The van der Waals surface area contributed by atoms with Gasteiger partial charge >= 0.3 is 0 Å². The standard InChI is InChI=1S/C26H29N5O2S2/c1-18-2-6-21(7-3-18)35(32,33)30-15-8-22-23(30)27-16-19-17-28-24(31(19)22)25-9-12-26(13-10-25,14-11-25)29-34-20-4-5-20/h2-3,6-8,15-17,20,29H,4-5,9-14H2,1H3. The summed E-state index contributed by atoms with van der Waals surface area (Å²) in [4.78, 5) is 9.75. The normalized spacial score (nSPS) is 26.7. The molecule has 0 atom stereocenters. The fraction of sp³-hybridized carbons (Fsp3) is 0.462. The second-order valence-electron chi connectivity index (χ2n) is 10.7. The summed E-state index contributed by atoms with van der Waals surface area (Å²) in [7, 11) is -3.75. The Hall–Kier alpha value is -2.36. The van der Waals surface area contributed by atoms with Crippen LogP contribution in [0.3, 0.4) is 0 Å². The Morgan fingerprint density at radius 2 is 1.66 bits per heavy atom. The lowest BCUT2D eigenvalue weighted by Crippen LogP contribution is -2.54. The van der Waals surface area contributed by atoms with Crippen molar-refractivity contribution in [1.82, 2.24) is 23.1 Å². The summed E-state index contributed by atoms with van der Waals surface area (Å²) in [6, 6.07) is 8.82. The van der Waals surface area contributed by atoms with Crippen LogP contribution in [0.4, 0.5) is 0 Å². The Balaban J connectivity index is 1.28. The molecule has 0 radical (unpaired) electrons. The Bertz CT molecular complexity index is 1530. The molecule has 0 saturated heterocycles. The van der Waals surface area contributed by atoms with E-state index in [-0.39, 0.29) is 15.8 Å². The van der Waals surface area contributed by atoms with E-state index in [1.165, 1.54) is 36.1 Å². The molecule has 182 valence electrons. The van der Waals surface area contributed by atoms with Gasteiger partial charge in [0.1, 0.15) is 5.82 Å². The first-order chi connectivity index (χ1) is 16.9. The summed E-state index contributed by atoms with van der Waals surface area (Å²) < 4.78 is 34.2. The number of aromatic nitrogens is 4. The highest BCUT2D eigenvalue weighted by molar-refractivity contribution is 7.98. The minimum atomic E-state index is -3.75. The molecule has 4 aromatic rings. The minimum Gasteiger partial charge on any atom is -0.291 e. The maximum Gasteiger partial charge on any atom is 0.269 e. The Kier molecular flexibility index (Phi) is 4.73. The van der Waals surface area contributed by atoms with Crippen molar-refractivity contribution >= 4 is 38.7 Å². The molecule has 3 heterocycles. The molecule has 4 fully saturated rings. The fourth-order valence-corrected chi connectivity index (χ4v) is 8.38. The molecule has 7 nitrogen and oxygen atoms in total. The van der Waals surface area contributed by atoms with E-state index in [1.807, 2.05) is 43.3 Å². The number of hydrogen-bond donors (Lipinski definition) is 1. The molecule has 1 N–H and O–H groups in total. The molecule has 1 aromatic carbocycles. The van der Waals surface area contributed by atoms with Crippen molar-refractivity contribution in [3.63, 3.8) is 0 Å². The van der Waals surface area contributed by atoms with Crippen molar-refractivity contribution in [2.24, 2.45) is 0 Å². The topological polar surface area (TPSA) is 81.3 Å². The van der Waals surface area contributed by atoms with Gasteiger partial charge in [0.2, 0.25) is 0 Å². The summed E-state index contributed by atoms with van der Waals surface area (Å²) in [5.41, 5.74) is 3.48. The Morgan fingerprint density at radius 1 is 0.971 bits per heavy atom. The van der Waals surface area contributed by atoms with Crippen molar-refractivity contribution < 1.29 is 8.42 Å². The molecule has 4 aliphatic carbocycles. The Morgan fingerprint density at radius 3 is 2.34 bits per heavy atom. The molecule has 0 unspecified atom stereocenters. The highest BCUT2D eigenvalue weighted by atomic mass is 32.2. The highest BCUT2D eigenvalue weighted by Crippen LogP contribution is 2.54. The van der Waals surface area contributed by atoms with Crippen molar-refractivity contribution in [3.8, 4) is 0 Å². The summed E-state index contributed by atoms with van der Waals surface area (Å²) >= 11 is 1.96. The lowest BCUT2D eigenvalue weighted by atomic mass is 9.57. The number of nitrogens with one attached hydrogen (secondary N) is 1. The number of rotatable bonds is 6. The first kappa shape index (κ1) is 21.9. The molecular weight excluding hydrogens is 478 g/mol. The number of nitrogens with zero attached hydrogens (tertiary/aromatic N) is 4. The zero-order chi connectivity index (χ0) is 23.8. The average Bonchev–Trinajstić information content (AvgIpc) is 3.43. The number of fused-ring (bicyclic) bond motifs is 6. The quantitative estimate of drug-likeness (QED) is 0.371. The number of benzene rings is 1. The van der Waals surface area contributed by atoms with Crippen LogP contribution < -0.4 is 4.72 Å². The number of hydrogen-bond acceptors (Lipinski definition) is 6. The van der Waals surface area contributed by atoms with Crippen molar-refractivity contribution in [2.45, 2.75) is 79.4 Å². The third-order valence-corrected chi connectivity index (χ3v) is 11.5. The molecule has 0 amide bonds. The molecule has 8 rings (SSSR count). The van der Waals surface area contributed by atoms with E-state index in [9.17, 15) is 8.42 Å². The van der Waals surface area contributed by atoms with Crippen LogP contribution in [0.5, 0.6) is 0 Å². The second-order valence-corrected chi connectivity index (χ2v) is 13.6. The molecule has 2 bridgehead atoms. The van der Waals surface area contributed by atoms with Crippen molar-refractivity contribution in [2.75, 3.05) is 0 Å². The first-order valence-corrected chi connectivity index (χ1v) is 14.8. The molecule has 0 aliphatic heterocycles. The van der Waals surface area contributed by atoms with Crippen LogP contribution in [0.25, 0.3) is 16.7 Å². The lowest BCUT2D eigenvalue weighted by Gasteiger charge is -2.53. The average molecular weight is 508 g/mol. The van der Waals surface area contributed by atoms with Crippen molar-refractivity contribution in [3.05, 3.63) is 60.3 Å². The molecule has 4 saturated carbocycles. The Labute approximate surface area is 209 Å². The van der Waals surface area contributed by atoms with Gasteiger partial charge in [0.15, 0.2) is 5.65 Å². The molecule has 4 aliphatic rings. The number of imidazole rings is 1. The van der Waals surface area contributed by atoms with E-state index < -0.39 is 10.0 Å². The van der Waals surface area contributed by atoms with Gasteiger partial charge in [-0.15, -0.1) is 0 Å². The zero-order valence-electron chi connectivity index (χ0n) is 19.8. The molecule has 0 spiro atoms. The molecule has 35 heavy (non-hydrogen) atoms. The van der Waals surface area contributed by atoms with Gasteiger partial charge in [-0.3, -0.25) is 9.12 Å². The lowest BCUT2D eigenvalue weighted by molar-refractivity contribution is 0.0907. The predicted molar refractivity (Wildman–Crippen MR) is 138 cm³/mol. The summed E-state index contributed by atoms with van der Waals surface area (Å²) in [5, 5.41) is 0.815. The van der Waals surface area contributed by atoms with Crippen LogP contribution in [-0.2, 0) is 15.4 Å². The van der Waals surface area contributed by atoms with E-state index in [0.29, 0.717) is 5.65 Å². The number of aryl methyl sites for hydroxylation is 1. The van der Waals surface area contributed by atoms with Gasteiger partial charge in [0.25, 0.3) is 10.0 Å². The van der Waals surface area contributed by atoms with E-state index in [0.717, 1.165) is 46.9 Å². The summed E-state index contributed by atoms with van der Waals surface area (Å²) in [6.07, 6.45) is 14.8. The van der Waals surface area contributed by atoms with Crippen LogP contribution in [0.2, 0.25) is 0 Å². The van der Waals surface area contributed by atoms with Gasteiger partial charge in [-0.25, -0.2) is 22.4 Å². The third kappa shape index (κ3) is 3.38. The van der Waals surface area contributed by atoms with Gasteiger partial charge in [0.05, 0.1) is 28.3 Å². The van der Waals surface area contributed by atoms with Crippen LogP contribution in [-0.4, -0.2) is 37.5 Å². The van der Waals surface area contributed by atoms with Gasteiger partial charge in [-0.1, -0.05) is 29.6 Å². The first-order valence-electron chi connectivity index (χ1n) is 12.5. The maximum atomic E-state index is 13.4. The van der Waals surface area contributed by atoms with Crippen LogP contribution in [0.1, 0.15) is 62.8 Å². The van der Waals surface area contributed by atoms with Crippen LogP contribution >= 0.6 is 11.9 Å². The monoisotopic (exact) mass is 507 g/mol. The van der Waals surface area contributed by atoms with Gasteiger partial charge in [0, 0.05) is 22.4 Å². The fourth-order valence-electron chi connectivity index (χ4n) is 5.99. The van der Waals surface area contributed by atoms with E-state index in [2.05, 4.69) is 14.1 Å². The predicted octanol–water partition coefficient (Wildman–Crippen LogP) is 4.97. The summed E-state index contributed by atoms with van der Waals surface area (Å²) in [6.45, 7) is 1.95. The van der Waals surface area contributed by atoms with Crippen molar-refractivity contribution in [1.29, 1.82) is 0 Å². The second kappa shape index (κ2) is 7.57. The highest BCUT2D eigenvalue weighted by Gasteiger charge is 2.51. The zero-order valence-corrected chi connectivity index (χ0v) is 21.4. The molecule has 9 heteroatoms. The minimum absolute atomic E-state index is 0.0340.